The molecule has 1 aliphatic heterocycles. The van der Waals surface area contributed by atoms with Crippen molar-refractivity contribution in [3.8, 4) is 0 Å². The molecule has 2 aliphatic rings. The average Bonchev–Trinajstić information content (AvgIpc) is 2.64. The van der Waals surface area contributed by atoms with Crippen LogP contribution in [-0.2, 0) is 15.1 Å². The van der Waals surface area contributed by atoms with Gasteiger partial charge in [-0.2, -0.15) is 0 Å². The topological polar surface area (TPSA) is 70.6 Å². The van der Waals surface area contributed by atoms with E-state index in [-0.39, 0.29) is 12.0 Å². The monoisotopic (exact) mass is 348 g/mol. The molecule has 2 fully saturated rings. The van der Waals surface area contributed by atoms with Crippen molar-refractivity contribution in [1.29, 1.82) is 0 Å². The second-order valence-electron chi connectivity index (χ2n) is 6.59. The molecule has 6 heteroatoms. The lowest BCUT2D eigenvalue weighted by Crippen LogP contribution is -2.54. The van der Waals surface area contributed by atoms with Gasteiger partial charge in [-0.05, 0) is 30.6 Å². The van der Waals surface area contributed by atoms with Crippen LogP contribution in [0, 0.1) is 5.92 Å². The van der Waals surface area contributed by atoms with E-state index in [1.807, 2.05) is 30.3 Å². The molecular formula is C18H24N2O3S. The van der Waals surface area contributed by atoms with Crippen LogP contribution in [0.1, 0.15) is 37.7 Å². The van der Waals surface area contributed by atoms with Gasteiger partial charge in [0.15, 0.2) is 10.7 Å². The summed E-state index contributed by atoms with van der Waals surface area (Å²) in [5.41, 5.74) is -0.964. The van der Waals surface area contributed by atoms with Crippen molar-refractivity contribution >= 4 is 23.3 Å². The van der Waals surface area contributed by atoms with Crippen molar-refractivity contribution in [2.75, 3.05) is 13.1 Å². The number of nitrogens with one attached hydrogen (secondary N) is 2. The van der Waals surface area contributed by atoms with Gasteiger partial charge < -0.3 is 20.5 Å². The van der Waals surface area contributed by atoms with Gasteiger partial charge in [-0.25, -0.2) is 4.79 Å². The summed E-state index contributed by atoms with van der Waals surface area (Å²) in [4.78, 5) is 13.0. The normalized spacial score (nSPS) is 22.1. The highest BCUT2D eigenvalue weighted by Crippen LogP contribution is 2.40. The number of aliphatic hydroxyl groups is 1. The van der Waals surface area contributed by atoms with Crippen LogP contribution in [0.15, 0.2) is 30.3 Å². The first-order valence-electron chi connectivity index (χ1n) is 8.61. The quantitative estimate of drug-likeness (QED) is 0.570. The molecule has 3 rings (SSSR count). The summed E-state index contributed by atoms with van der Waals surface area (Å²) < 4.78 is 5.64. The molecule has 0 bridgehead atoms. The molecule has 1 aliphatic carbocycles. The summed E-state index contributed by atoms with van der Waals surface area (Å²) in [7, 11) is 0. The van der Waals surface area contributed by atoms with Gasteiger partial charge in [0.25, 0.3) is 0 Å². The van der Waals surface area contributed by atoms with Gasteiger partial charge in [0.1, 0.15) is 6.10 Å². The van der Waals surface area contributed by atoms with Gasteiger partial charge in [-0.15, -0.1) is 0 Å². The third-order valence-corrected chi connectivity index (χ3v) is 5.26. The highest BCUT2D eigenvalue weighted by molar-refractivity contribution is 7.80. The number of hydrogen-bond donors (Lipinski definition) is 3. The average molecular weight is 348 g/mol. The molecule has 1 aromatic carbocycles. The van der Waals surface area contributed by atoms with Crippen molar-refractivity contribution in [2.24, 2.45) is 5.92 Å². The van der Waals surface area contributed by atoms with E-state index in [0.717, 1.165) is 32.1 Å². The maximum Gasteiger partial charge on any atom is 0.343 e. The number of rotatable bonds is 4. The van der Waals surface area contributed by atoms with Crippen molar-refractivity contribution in [2.45, 2.75) is 43.8 Å². The highest BCUT2D eigenvalue weighted by Gasteiger charge is 2.47. The molecule has 3 N–H and O–H groups in total. The Morgan fingerprint density at radius 3 is 2.38 bits per heavy atom. The maximum atomic E-state index is 13.0. The lowest BCUT2D eigenvalue weighted by molar-refractivity contribution is -0.180. The van der Waals surface area contributed by atoms with E-state index >= 15 is 0 Å². The van der Waals surface area contributed by atoms with E-state index in [2.05, 4.69) is 10.6 Å². The Balaban J connectivity index is 1.81. The van der Waals surface area contributed by atoms with Crippen LogP contribution in [0.4, 0.5) is 0 Å². The molecule has 0 spiro atoms. The summed E-state index contributed by atoms with van der Waals surface area (Å²) >= 11 is 5.01. The van der Waals surface area contributed by atoms with Gasteiger partial charge in [-0.3, -0.25) is 0 Å². The fourth-order valence-corrected chi connectivity index (χ4v) is 3.77. The molecule has 1 saturated heterocycles. The van der Waals surface area contributed by atoms with E-state index in [1.165, 1.54) is 0 Å². The van der Waals surface area contributed by atoms with Crippen LogP contribution in [0.3, 0.4) is 0 Å². The van der Waals surface area contributed by atoms with Gasteiger partial charge in [0, 0.05) is 5.92 Å². The molecule has 24 heavy (non-hydrogen) atoms. The molecule has 0 aromatic heterocycles. The number of benzene rings is 1. The Morgan fingerprint density at radius 2 is 1.75 bits per heavy atom. The van der Waals surface area contributed by atoms with Crippen LogP contribution in [0.5, 0.6) is 0 Å². The number of esters is 1. The number of thiocarbonyl (C=S) groups is 1. The summed E-state index contributed by atoms with van der Waals surface area (Å²) in [6, 6.07) is 9.19. The predicted molar refractivity (Wildman–Crippen MR) is 95.4 cm³/mol. The van der Waals surface area contributed by atoms with Gasteiger partial charge >= 0.3 is 5.97 Å². The van der Waals surface area contributed by atoms with E-state index in [9.17, 15) is 9.90 Å². The van der Waals surface area contributed by atoms with E-state index in [1.54, 1.807) is 0 Å². The van der Waals surface area contributed by atoms with Gasteiger partial charge in [-0.1, -0.05) is 49.6 Å². The summed E-state index contributed by atoms with van der Waals surface area (Å²) in [5.74, 6) is -0.659. The standard InChI is InChI=1S/C18H24N2O3S/c21-16(23-15-11-19-17(24)20-12-15)18(22,13-7-3-1-4-8-13)14-9-5-2-6-10-14/h1,3-4,7-8,14-15,22H,2,5-6,9-12H2,(H2,19,20,24). The van der Waals surface area contributed by atoms with Crippen LogP contribution < -0.4 is 10.6 Å². The third kappa shape index (κ3) is 3.54. The Morgan fingerprint density at radius 1 is 1.12 bits per heavy atom. The summed E-state index contributed by atoms with van der Waals surface area (Å²) in [6.45, 7) is 0.931. The Hall–Kier alpha value is -1.66. The first-order valence-corrected chi connectivity index (χ1v) is 9.02. The first-order chi connectivity index (χ1) is 11.6. The molecule has 0 amide bonds. The number of carbonyl (C=O) groups is 1. The fraction of sp³-hybridized carbons (Fsp3) is 0.556. The Bertz CT molecular complexity index is 579. The third-order valence-electron chi connectivity index (χ3n) is 4.98. The molecule has 1 unspecified atom stereocenters. The van der Waals surface area contributed by atoms with Crippen LogP contribution in [-0.4, -0.2) is 35.4 Å². The predicted octanol–water partition coefficient (Wildman–Crippen LogP) is 1.84. The largest absolute Gasteiger partial charge is 0.456 e. The Labute approximate surface area is 147 Å². The highest BCUT2D eigenvalue weighted by atomic mass is 32.1. The molecule has 5 nitrogen and oxygen atoms in total. The zero-order chi connectivity index (χ0) is 17.0. The number of hydrogen-bond acceptors (Lipinski definition) is 4. The van der Waals surface area contributed by atoms with Crippen LogP contribution in [0.2, 0.25) is 0 Å². The minimum Gasteiger partial charge on any atom is -0.456 e. The van der Waals surface area contributed by atoms with Crippen molar-refractivity contribution in [3.05, 3.63) is 35.9 Å². The molecule has 1 aromatic rings. The number of ether oxygens (including phenoxy) is 1. The minimum absolute atomic E-state index is 0.105. The first kappa shape index (κ1) is 17.2. The smallest absolute Gasteiger partial charge is 0.343 e. The SMILES string of the molecule is O=C(OC1CNC(=S)NC1)C(O)(c1ccccc1)C1CCCCC1. The molecule has 1 saturated carbocycles. The second-order valence-corrected chi connectivity index (χ2v) is 6.99. The van der Waals surface area contributed by atoms with E-state index in [4.69, 9.17) is 17.0 Å². The molecular weight excluding hydrogens is 324 g/mol. The lowest BCUT2D eigenvalue weighted by atomic mass is 9.73. The molecule has 1 heterocycles. The van der Waals surface area contributed by atoms with Gasteiger partial charge in [0.05, 0.1) is 13.1 Å². The van der Waals surface area contributed by atoms with Crippen LogP contribution in [0.25, 0.3) is 0 Å². The zero-order valence-corrected chi connectivity index (χ0v) is 14.5. The van der Waals surface area contributed by atoms with E-state index < -0.39 is 11.6 Å². The molecule has 1 atom stereocenters. The van der Waals surface area contributed by atoms with Crippen molar-refractivity contribution < 1.29 is 14.6 Å². The summed E-state index contributed by atoms with van der Waals surface area (Å²) in [6.07, 6.45) is 4.56. The van der Waals surface area contributed by atoms with Crippen LogP contribution >= 0.6 is 12.2 Å². The zero-order valence-electron chi connectivity index (χ0n) is 13.7. The second kappa shape index (κ2) is 7.49. The van der Waals surface area contributed by atoms with Crippen molar-refractivity contribution in [1.82, 2.24) is 10.6 Å². The van der Waals surface area contributed by atoms with E-state index in [0.29, 0.717) is 23.8 Å². The molecule has 0 radical (unpaired) electrons. The van der Waals surface area contributed by atoms with Crippen molar-refractivity contribution in [3.63, 3.8) is 0 Å². The fourth-order valence-electron chi connectivity index (χ4n) is 3.61. The summed E-state index contributed by atoms with van der Waals surface area (Å²) in [5, 5.41) is 17.9. The Kier molecular flexibility index (Phi) is 5.36. The maximum absolute atomic E-state index is 13.0. The van der Waals surface area contributed by atoms with Gasteiger partial charge in [0.2, 0.25) is 0 Å². The molecule has 130 valence electrons. The lowest BCUT2D eigenvalue weighted by Gasteiger charge is -2.38. The minimum atomic E-state index is -1.58. The number of carbonyl (C=O) groups excluding carboxylic acids is 1.